The molecule has 0 saturated carbocycles. The largest absolute Gasteiger partial charge is 0.465 e. The van der Waals surface area contributed by atoms with Crippen LogP contribution in [-0.2, 0) is 17.6 Å². The minimum atomic E-state index is -0.315. The first-order valence-electron chi connectivity index (χ1n) is 7.80. The number of fused-ring (bicyclic) bond motifs is 1. The Hall–Kier alpha value is -1.99. The van der Waals surface area contributed by atoms with Crippen LogP contribution in [0.3, 0.4) is 0 Å². The summed E-state index contributed by atoms with van der Waals surface area (Å²) in [4.78, 5) is 17.7. The molecule has 24 heavy (non-hydrogen) atoms. The van der Waals surface area contributed by atoms with Crippen molar-refractivity contribution in [3.63, 3.8) is 0 Å². The monoisotopic (exact) mass is 361 g/mol. The summed E-state index contributed by atoms with van der Waals surface area (Å²) in [5.74, 6) is 0.975. The number of methoxy groups -OCH3 is 1. The molecule has 7 heteroatoms. The van der Waals surface area contributed by atoms with Crippen molar-refractivity contribution >= 4 is 45.5 Å². The Bertz CT molecular complexity index is 759. The lowest BCUT2D eigenvalue weighted by atomic mass is 9.88. The van der Waals surface area contributed by atoms with Gasteiger partial charge in [0.2, 0.25) is 0 Å². The van der Waals surface area contributed by atoms with E-state index in [1.807, 2.05) is 18.2 Å². The maximum atomic E-state index is 12.3. The molecule has 0 aliphatic heterocycles. The molecule has 126 valence electrons. The van der Waals surface area contributed by atoms with Crippen LogP contribution in [0.25, 0.3) is 0 Å². The van der Waals surface area contributed by atoms with E-state index >= 15 is 0 Å². The van der Waals surface area contributed by atoms with Gasteiger partial charge < -0.3 is 15.4 Å². The van der Waals surface area contributed by atoms with Crippen LogP contribution in [0.2, 0.25) is 0 Å². The molecule has 1 aliphatic carbocycles. The Morgan fingerprint density at radius 3 is 2.96 bits per heavy atom. The van der Waals surface area contributed by atoms with E-state index in [1.165, 1.54) is 12.0 Å². The van der Waals surface area contributed by atoms with Crippen LogP contribution in [0.15, 0.2) is 24.4 Å². The van der Waals surface area contributed by atoms with Crippen molar-refractivity contribution in [1.29, 1.82) is 0 Å². The van der Waals surface area contributed by atoms with Crippen LogP contribution in [0.4, 0.5) is 10.8 Å². The number of carbonyl (C=O) groups is 1. The number of anilines is 2. The summed E-state index contributed by atoms with van der Waals surface area (Å²) < 4.78 is 4.98. The smallest absolute Gasteiger partial charge is 0.341 e. The quantitative estimate of drug-likeness (QED) is 0.639. The molecule has 2 aromatic heterocycles. The predicted molar refractivity (Wildman–Crippen MR) is 101 cm³/mol. The highest BCUT2D eigenvalue weighted by Crippen LogP contribution is 2.40. The molecule has 1 unspecified atom stereocenters. The molecule has 2 heterocycles. The standard InChI is InChI=1S/C17H19N3O2S2/c1-10-6-7-11-12(9-10)24-15(14(11)16(21)22-2)20-17(23)19-13-5-3-4-8-18-13/h3-5,8,10H,6-7,9H2,1-2H3,(H2,18,19,20,23). The van der Waals surface area contributed by atoms with Gasteiger partial charge in [-0.2, -0.15) is 0 Å². The average Bonchev–Trinajstić information content (AvgIpc) is 2.91. The Balaban J connectivity index is 1.84. The lowest BCUT2D eigenvalue weighted by Crippen LogP contribution is -2.21. The van der Waals surface area contributed by atoms with Gasteiger partial charge >= 0.3 is 5.97 Å². The number of hydrogen-bond acceptors (Lipinski definition) is 5. The molecular formula is C17H19N3O2S2. The molecule has 5 nitrogen and oxygen atoms in total. The van der Waals surface area contributed by atoms with Gasteiger partial charge in [-0.15, -0.1) is 11.3 Å². The van der Waals surface area contributed by atoms with E-state index in [4.69, 9.17) is 17.0 Å². The first-order valence-corrected chi connectivity index (χ1v) is 9.03. The number of pyridine rings is 1. The van der Waals surface area contributed by atoms with Gasteiger partial charge in [-0.05, 0) is 55.1 Å². The molecular weight excluding hydrogens is 342 g/mol. The second-order valence-electron chi connectivity index (χ2n) is 5.84. The molecule has 3 rings (SSSR count). The highest BCUT2D eigenvalue weighted by molar-refractivity contribution is 7.80. The number of carbonyl (C=O) groups excluding carboxylic acids is 1. The van der Waals surface area contributed by atoms with Gasteiger partial charge in [0.15, 0.2) is 5.11 Å². The number of esters is 1. The van der Waals surface area contributed by atoms with Gasteiger partial charge in [0.1, 0.15) is 10.8 Å². The summed E-state index contributed by atoms with van der Waals surface area (Å²) in [6, 6.07) is 5.55. The van der Waals surface area contributed by atoms with E-state index in [0.29, 0.717) is 22.4 Å². The molecule has 0 bridgehead atoms. The van der Waals surface area contributed by atoms with Crippen molar-refractivity contribution in [1.82, 2.24) is 4.98 Å². The molecule has 1 atom stereocenters. The fraction of sp³-hybridized carbons (Fsp3) is 0.353. The van der Waals surface area contributed by atoms with E-state index in [0.717, 1.165) is 29.8 Å². The van der Waals surface area contributed by atoms with Crippen LogP contribution in [0.5, 0.6) is 0 Å². The number of hydrogen-bond donors (Lipinski definition) is 2. The Labute approximate surface area is 150 Å². The number of ether oxygens (including phenoxy) is 1. The van der Waals surface area contributed by atoms with Gasteiger partial charge in [-0.25, -0.2) is 9.78 Å². The first kappa shape index (κ1) is 16.9. The third-order valence-electron chi connectivity index (χ3n) is 4.03. The zero-order chi connectivity index (χ0) is 17.1. The summed E-state index contributed by atoms with van der Waals surface area (Å²) in [5, 5.41) is 7.32. The van der Waals surface area contributed by atoms with E-state index in [2.05, 4.69) is 22.5 Å². The molecule has 1 aliphatic rings. The highest BCUT2D eigenvalue weighted by Gasteiger charge is 2.28. The van der Waals surface area contributed by atoms with E-state index in [9.17, 15) is 4.79 Å². The van der Waals surface area contributed by atoms with E-state index < -0.39 is 0 Å². The van der Waals surface area contributed by atoms with Crippen molar-refractivity contribution in [2.24, 2.45) is 5.92 Å². The summed E-state index contributed by atoms with van der Waals surface area (Å²) in [5.41, 5.74) is 1.72. The first-order chi connectivity index (χ1) is 11.6. The molecule has 0 fully saturated rings. The van der Waals surface area contributed by atoms with Crippen molar-refractivity contribution in [3.05, 3.63) is 40.4 Å². The number of nitrogens with one attached hydrogen (secondary N) is 2. The number of thiocarbonyl (C=S) groups is 1. The summed E-state index contributed by atoms with van der Waals surface area (Å²) in [6.07, 6.45) is 4.67. The second kappa shape index (κ2) is 7.27. The van der Waals surface area contributed by atoms with E-state index in [1.54, 1.807) is 17.5 Å². The summed E-state index contributed by atoms with van der Waals surface area (Å²) >= 11 is 6.95. The van der Waals surface area contributed by atoms with Crippen molar-refractivity contribution in [3.8, 4) is 0 Å². The number of nitrogens with zero attached hydrogens (tertiary/aromatic N) is 1. The minimum absolute atomic E-state index is 0.315. The summed E-state index contributed by atoms with van der Waals surface area (Å²) in [6.45, 7) is 2.24. The SMILES string of the molecule is COC(=O)c1c(NC(=S)Nc2ccccn2)sc2c1CCC(C)C2. The molecule has 2 aromatic rings. The molecule has 2 N–H and O–H groups in total. The minimum Gasteiger partial charge on any atom is -0.465 e. The fourth-order valence-corrected chi connectivity index (χ4v) is 4.52. The second-order valence-corrected chi connectivity index (χ2v) is 7.35. The van der Waals surface area contributed by atoms with Crippen molar-refractivity contribution in [2.45, 2.75) is 26.2 Å². The van der Waals surface area contributed by atoms with Crippen LogP contribution in [0.1, 0.15) is 34.1 Å². The number of aromatic nitrogens is 1. The predicted octanol–water partition coefficient (Wildman–Crippen LogP) is 3.86. The number of rotatable bonds is 3. The van der Waals surface area contributed by atoms with Crippen LogP contribution >= 0.6 is 23.6 Å². The van der Waals surface area contributed by atoms with Gasteiger partial charge in [0.25, 0.3) is 0 Å². The van der Waals surface area contributed by atoms with Crippen LogP contribution < -0.4 is 10.6 Å². The lowest BCUT2D eigenvalue weighted by Gasteiger charge is -2.18. The zero-order valence-corrected chi connectivity index (χ0v) is 15.2. The third-order valence-corrected chi connectivity index (χ3v) is 5.41. The Morgan fingerprint density at radius 2 is 2.25 bits per heavy atom. The molecule has 0 spiro atoms. The number of thiophene rings is 1. The summed E-state index contributed by atoms with van der Waals surface area (Å²) in [7, 11) is 1.41. The van der Waals surface area contributed by atoms with Crippen molar-refractivity contribution in [2.75, 3.05) is 17.7 Å². The van der Waals surface area contributed by atoms with Crippen LogP contribution in [-0.4, -0.2) is 23.2 Å². The van der Waals surface area contributed by atoms with Gasteiger partial charge in [-0.1, -0.05) is 13.0 Å². The maximum Gasteiger partial charge on any atom is 0.341 e. The normalized spacial score (nSPS) is 16.2. The average molecular weight is 361 g/mol. The highest BCUT2D eigenvalue weighted by atomic mass is 32.1. The van der Waals surface area contributed by atoms with Gasteiger partial charge in [0, 0.05) is 11.1 Å². The molecule has 0 amide bonds. The fourth-order valence-electron chi connectivity index (χ4n) is 2.84. The lowest BCUT2D eigenvalue weighted by molar-refractivity contribution is 0.0601. The van der Waals surface area contributed by atoms with E-state index in [-0.39, 0.29) is 5.97 Å². The van der Waals surface area contributed by atoms with Gasteiger partial charge in [-0.3, -0.25) is 0 Å². The van der Waals surface area contributed by atoms with Gasteiger partial charge in [0.05, 0.1) is 12.7 Å². The topological polar surface area (TPSA) is 63.2 Å². The molecule has 0 aromatic carbocycles. The zero-order valence-electron chi connectivity index (χ0n) is 13.6. The Kier molecular flexibility index (Phi) is 5.11. The molecule has 0 saturated heterocycles. The maximum absolute atomic E-state index is 12.3. The Morgan fingerprint density at radius 1 is 1.42 bits per heavy atom. The van der Waals surface area contributed by atoms with Crippen LogP contribution in [0, 0.1) is 5.92 Å². The third kappa shape index (κ3) is 3.57. The van der Waals surface area contributed by atoms with Crippen molar-refractivity contribution < 1.29 is 9.53 Å². The molecule has 0 radical (unpaired) electrons.